The number of hydrogen-bond acceptors (Lipinski definition) is 3. The molecular formula is C23H24F3N3O2. The van der Waals surface area contributed by atoms with Crippen LogP contribution in [0.25, 0.3) is 11.0 Å². The second-order valence-corrected chi connectivity index (χ2v) is 8.00. The second kappa shape index (κ2) is 8.99. The van der Waals surface area contributed by atoms with Crippen LogP contribution in [-0.4, -0.2) is 22.2 Å². The number of benzene rings is 2. The zero-order valence-corrected chi connectivity index (χ0v) is 16.9. The molecule has 4 rings (SSSR count). The van der Waals surface area contributed by atoms with Gasteiger partial charge in [-0.25, -0.2) is 4.98 Å². The lowest BCUT2D eigenvalue weighted by Gasteiger charge is -2.27. The molecule has 1 heterocycles. The van der Waals surface area contributed by atoms with Crippen molar-refractivity contribution in [3.05, 3.63) is 59.9 Å². The van der Waals surface area contributed by atoms with Gasteiger partial charge in [0.15, 0.2) is 0 Å². The standard InChI is InChI=1S/C23H24F3N3O2/c24-23(25,26)31-20-8-4-1-5-17(20)14-27-22(30)16-11-9-15(10-12-16)13-21-28-18-6-2-3-7-19(18)29-21/h1-8,15-16H,9-14H2,(H,27,30)(H,28,29). The smallest absolute Gasteiger partial charge is 0.405 e. The number of alkyl halides is 3. The molecule has 2 N–H and O–H groups in total. The molecule has 2 aromatic carbocycles. The highest BCUT2D eigenvalue weighted by atomic mass is 19.4. The molecule has 3 aromatic rings. The number of imidazole rings is 1. The number of carbonyl (C=O) groups is 1. The summed E-state index contributed by atoms with van der Waals surface area (Å²) in [4.78, 5) is 20.5. The summed E-state index contributed by atoms with van der Waals surface area (Å²) in [5.74, 6) is 0.900. The number of nitrogens with zero attached hydrogens (tertiary/aromatic N) is 1. The summed E-state index contributed by atoms with van der Waals surface area (Å²) in [6.45, 7) is 0.00397. The number of nitrogens with one attached hydrogen (secondary N) is 2. The van der Waals surface area contributed by atoms with E-state index in [1.165, 1.54) is 18.2 Å². The number of amides is 1. The summed E-state index contributed by atoms with van der Waals surface area (Å²) in [7, 11) is 0. The van der Waals surface area contributed by atoms with Crippen LogP contribution in [0.15, 0.2) is 48.5 Å². The van der Waals surface area contributed by atoms with Gasteiger partial charge in [-0.3, -0.25) is 4.79 Å². The molecule has 1 amide bonds. The van der Waals surface area contributed by atoms with E-state index in [0.29, 0.717) is 11.5 Å². The second-order valence-electron chi connectivity index (χ2n) is 8.00. The minimum atomic E-state index is -4.77. The summed E-state index contributed by atoms with van der Waals surface area (Å²) in [6.07, 6.45) is -0.551. The maximum Gasteiger partial charge on any atom is 0.573 e. The molecular weight excluding hydrogens is 407 g/mol. The zero-order chi connectivity index (χ0) is 21.8. The molecule has 1 fully saturated rings. The van der Waals surface area contributed by atoms with Crippen LogP contribution in [0.2, 0.25) is 0 Å². The highest BCUT2D eigenvalue weighted by molar-refractivity contribution is 5.78. The van der Waals surface area contributed by atoms with Crippen LogP contribution in [0.5, 0.6) is 5.75 Å². The third-order valence-electron chi connectivity index (χ3n) is 5.79. The van der Waals surface area contributed by atoms with E-state index >= 15 is 0 Å². The number of fused-ring (bicyclic) bond motifs is 1. The van der Waals surface area contributed by atoms with Gasteiger partial charge < -0.3 is 15.0 Å². The fourth-order valence-electron chi connectivity index (χ4n) is 4.21. The predicted molar refractivity (Wildman–Crippen MR) is 110 cm³/mol. The van der Waals surface area contributed by atoms with Crippen LogP contribution in [-0.2, 0) is 17.8 Å². The minimum absolute atomic E-state index is 0.00397. The van der Waals surface area contributed by atoms with Crippen molar-refractivity contribution in [1.82, 2.24) is 15.3 Å². The topological polar surface area (TPSA) is 67.0 Å². The number of hydrogen-bond donors (Lipinski definition) is 2. The number of para-hydroxylation sites is 3. The predicted octanol–water partition coefficient (Wildman–Crippen LogP) is 5.13. The lowest BCUT2D eigenvalue weighted by atomic mass is 9.80. The molecule has 0 saturated heterocycles. The third-order valence-corrected chi connectivity index (χ3v) is 5.79. The van der Waals surface area contributed by atoms with Gasteiger partial charge in [-0.15, -0.1) is 13.2 Å². The molecule has 1 saturated carbocycles. The van der Waals surface area contributed by atoms with Gasteiger partial charge in [0.25, 0.3) is 0 Å². The number of carbonyl (C=O) groups excluding carboxylic acids is 1. The normalized spacial score (nSPS) is 19.3. The summed E-state index contributed by atoms with van der Waals surface area (Å²) in [6, 6.07) is 13.8. The van der Waals surface area contributed by atoms with Gasteiger partial charge >= 0.3 is 6.36 Å². The highest BCUT2D eigenvalue weighted by Gasteiger charge is 2.32. The van der Waals surface area contributed by atoms with E-state index in [1.807, 2.05) is 24.3 Å². The first-order valence-electron chi connectivity index (χ1n) is 10.4. The van der Waals surface area contributed by atoms with Gasteiger partial charge in [0.05, 0.1) is 11.0 Å². The van der Waals surface area contributed by atoms with Gasteiger partial charge in [-0.2, -0.15) is 0 Å². The number of halogens is 3. The Kier molecular flexibility index (Phi) is 6.15. The Morgan fingerprint density at radius 1 is 1.06 bits per heavy atom. The van der Waals surface area contributed by atoms with Crippen molar-refractivity contribution in [2.75, 3.05) is 0 Å². The Morgan fingerprint density at radius 2 is 1.77 bits per heavy atom. The molecule has 0 unspecified atom stereocenters. The maximum absolute atomic E-state index is 12.6. The number of aromatic nitrogens is 2. The summed E-state index contributed by atoms with van der Waals surface area (Å²) in [5, 5.41) is 2.77. The van der Waals surface area contributed by atoms with Crippen molar-refractivity contribution in [3.63, 3.8) is 0 Å². The van der Waals surface area contributed by atoms with Crippen LogP contribution in [0.1, 0.15) is 37.1 Å². The SMILES string of the molecule is O=C(NCc1ccccc1OC(F)(F)F)C1CCC(Cc2nc3ccccc3[nH]2)CC1. The molecule has 31 heavy (non-hydrogen) atoms. The molecule has 5 nitrogen and oxygen atoms in total. The molecule has 1 aliphatic rings. The Balaban J connectivity index is 1.27. The van der Waals surface area contributed by atoms with Crippen molar-refractivity contribution >= 4 is 16.9 Å². The van der Waals surface area contributed by atoms with E-state index < -0.39 is 6.36 Å². The fraction of sp³-hybridized carbons (Fsp3) is 0.391. The third kappa shape index (κ3) is 5.57. The van der Waals surface area contributed by atoms with Gasteiger partial charge in [-0.05, 0) is 49.8 Å². The highest BCUT2D eigenvalue weighted by Crippen LogP contribution is 2.31. The van der Waals surface area contributed by atoms with Crippen molar-refractivity contribution in [3.8, 4) is 5.75 Å². The maximum atomic E-state index is 12.6. The monoisotopic (exact) mass is 431 g/mol. The van der Waals surface area contributed by atoms with E-state index in [0.717, 1.165) is 49.0 Å². The van der Waals surface area contributed by atoms with Gasteiger partial charge in [0, 0.05) is 24.4 Å². The van der Waals surface area contributed by atoms with Gasteiger partial charge in [0.1, 0.15) is 11.6 Å². The van der Waals surface area contributed by atoms with Crippen LogP contribution >= 0.6 is 0 Å². The summed E-state index contributed by atoms with van der Waals surface area (Å²) in [5.41, 5.74) is 2.28. The fourth-order valence-corrected chi connectivity index (χ4v) is 4.21. The van der Waals surface area contributed by atoms with E-state index in [2.05, 4.69) is 20.0 Å². The van der Waals surface area contributed by atoms with Crippen LogP contribution in [0.4, 0.5) is 13.2 Å². The van der Waals surface area contributed by atoms with E-state index in [-0.39, 0.29) is 24.1 Å². The van der Waals surface area contributed by atoms with Crippen molar-refractivity contribution < 1.29 is 22.7 Å². The minimum Gasteiger partial charge on any atom is -0.405 e. The van der Waals surface area contributed by atoms with Crippen LogP contribution in [0, 0.1) is 11.8 Å². The van der Waals surface area contributed by atoms with Crippen molar-refractivity contribution in [2.45, 2.75) is 45.0 Å². The average molecular weight is 431 g/mol. The van der Waals surface area contributed by atoms with E-state index in [1.54, 1.807) is 6.07 Å². The molecule has 1 aromatic heterocycles. The van der Waals surface area contributed by atoms with Gasteiger partial charge in [-0.1, -0.05) is 30.3 Å². The first kappa shape index (κ1) is 21.2. The Labute approximate surface area is 178 Å². The number of rotatable bonds is 6. The summed E-state index contributed by atoms with van der Waals surface area (Å²) < 4.78 is 41.7. The van der Waals surface area contributed by atoms with E-state index in [4.69, 9.17) is 0 Å². The lowest BCUT2D eigenvalue weighted by Crippen LogP contribution is -2.33. The quantitative estimate of drug-likeness (QED) is 0.569. The lowest BCUT2D eigenvalue weighted by molar-refractivity contribution is -0.274. The molecule has 164 valence electrons. The number of aromatic amines is 1. The zero-order valence-electron chi connectivity index (χ0n) is 16.9. The Hall–Kier alpha value is -3.03. The first-order chi connectivity index (χ1) is 14.9. The number of ether oxygens (including phenoxy) is 1. The van der Waals surface area contributed by atoms with Gasteiger partial charge in [0.2, 0.25) is 5.91 Å². The Bertz CT molecular complexity index is 1010. The first-order valence-corrected chi connectivity index (χ1v) is 10.4. The van der Waals surface area contributed by atoms with E-state index in [9.17, 15) is 18.0 Å². The molecule has 0 radical (unpaired) electrons. The molecule has 0 spiro atoms. The average Bonchev–Trinajstić information content (AvgIpc) is 3.14. The Morgan fingerprint density at radius 3 is 2.52 bits per heavy atom. The molecule has 0 atom stereocenters. The van der Waals surface area contributed by atoms with Crippen molar-refractivity contribution in [1.29, 1.82) is 0 Å². The number of H-pyrrole nitrogens is 1. The van der Waals surface area contributed by atoms with Crippen LogP contribution < -0.4 is 10.1 Å². The van der Waals surface area contributed by atoms with Crippen LogP contribution in [0.3, 0.4) is 0 Å². The molecule has 1 aliphatic carbocycles. The summed E-state index contributed by atoms with van der Waals surface area (Å²) >= 11 is 0. The van der Waals surface area contributed by atoms with Crippen molar-refractivity contribution in [2.24, 2.45) is 11.8 Å². The largest absolute Gasteiger partial charge is 0.573 e. The molecule has 0 bridgehead atoms. The molecule has 8 heteroatoms. The molecule has 0 aliphatic heterocycles.